The van der Waals surface area contributed by atoms with Gasteiger partial charge in [0.15, 0.2) is 12.2 Å². The Morgan fingerprint density at radius 1 is 1.30 bits per heavy atom. The summed E-state index contributed by atoms with van der Waals surface area (Å²) in [6.45, 7) is 4.58. The van der Waals surface area contributed by atoms with E-state index in [2.05, 4.69) is 41.9 Å². The van der Waals surface area contributed by atoms with Crippen molar-refractivity contribution in [2.24, 2.45) is 5.73 Å². The molecule has 0 unspecified atom stereocenters. The number of unbranched alkanes of at least 4 members (excludes halogenated alkanes) is 5. The van der Waals surface area contributed by atoms with E-state index in [9.17, 15) is 0 Å². The van der Waals surface area contributed by atoms with E-state index in [1.807, 2.05) is 5.32 Å². The second-order valence-electron chi connectivity index (χ2n) is 4.93. The molecule has 1 heterocycles. The van der Waals surface area contributed by atoms with Gasteiger partial charge in [-0.05, 0) is 6.42 Å². The van der Waals surface area contributed by atoms with Crippen LogP contribution in [-0.4, -0.2) is 36.0 Å². The average molecular weight is 280 g/mol. The van der Waals surface area contributed by atoms with Crippen molar-refractivity contribution in [3.63, 3.8) is 0 Å². The lowest BCUT2D eigenvalue weighted by atomic mass is 10.1. The molecule has 4 N–H and O–H groups in total. The van der Waals surface area contributed by atoms with Crippen molar-refractivity contribution < 1.29 is 0 Å². The SMILES string of the molecule is CCCCCCCCN1C=CN(C)C1.N#CNC(=N)N. The van der Waals surface area contributed by atoms with E-state index < -0.39 is 0 Å². The van der Waals surface area contributed by atoms with Gasteiger partial charge in [-0.25, -0.2) is 0 Å². The van der Waals surface area contributed by atoms with E-state index in [0.717, 1.165) is 6.67 Å². The molecule has 0 fully saturated rings. The third-order valence-corrected chi connectivity index (χ3v) is 2.93. The van der Waals surface area contributed by atoms with E-state index in [-0.39, 0.29) is 5.96 Å². The Kier molecular flexibility index (Phi) is 11.0. The first-order valence-electron chi connectivity index (χ1n) is 7.22. The number of hydrogen-bond acceptors (Lipinski definition) is 4. The lowest BCUT2D eigenvalue weighted by molar-refractivity contribution is 0.290. The predicted octanol–water partition coefficient (Wildman–Crippen LogP) is 1.97. The van der Waals surface area contributed by atoms with Crippen molar-refractivity contribution in [1.82, 2.24) is 15.1 Å². The summed E-state index contributed by atoms with van der Waals surface area (Å²) in [5.41, 5.74) is 4.65. The molecule has 6 heteroatoms. The van der Waals surface area contributed by atoms with Gasteiger partial charge in [-0.15, -0.1) is 0 Å². The lowest BCUT2D eigenvalue weighted by Crippen LogP contribution is -2.25. The fourth-order valence-corrected chi connectivity index (χ4v) is 1.89. The van der Waals surface area contributed by atoms with Gasteiger partial charge in [0, 0.05) is 26.0 Å². The van der Waals surface area contributed by atoms with E-state index in [1.54, 1.807) is 0 Å². The average Bonchev–Trinajstić information content (AvgIpc) is 2.80. The molecule has 0 aliphatic carbocycles. The number of guanidine groups is 1. The minimum Gasteiger partial charge on any atom is -0.369 e. The van der Waals surface area contributed by atoms with Gasteiger partial charge in [0.2, 0.25) is 0 Å². The number of nitrogens with zero attached hydrogens (tertiary/aromatic N) is 3. The number of rotatable bonds is 7. The molecule has 114 valence electrons. The molecule has 0 bridgehead atoms. The van der Waals surface area contributed by atoms with Gasteiger partial charge in [-0.1, -0.05) is 39.0 Å². The molecule has 0 saturated heterocycles. The van der Waals surface area contributed by atoms with Crippen LogP contribution < -0.4 is 11.1 Å². The molecule has 0 aromatic rings. The van der Waals surface area contributed by atoms with Crippen LogP contribution in [0.15, 0.2) is 12.4 Å². The first-order chi connectivity index (χ1) is 9.60. The minimum absolute atomic E-state index is 0.322. The summed E-state index contributed by atoms with van der Waals surface area (Å²) in [5.74, 6) is -0.322. The highest BCUT2D eigenvalue weighted by Crippen LogP contribution is 2.08. The summed E-state index contributed by atoms with van der Waals surface area (Å²) >= 11 is 0. The fourth-order valence-electron chi connectivity index (χ4n) is 1.89. The zero-order valence-corrected chi connectivity index (χ0v) is 12.7. The Hall–Kier alpha value is -1.90. The van der Waals surface area contributed by atoms with Crippen molar-refractivity contribution in [3.8, 4) is 6.19 Å². The molecular weight excluding hydrogens is 252 g/mol. The van der Waals surface area contributed by atoms with Gasteiger partial charge in [0.1, 0.15) is 0 Å². The van der Waals surface area contributed by atoms with Crippen molar-refractivity contribution in [2.45, 2.75) is 45.4 Å². The summed E-state index contributed by atoms with van der Waals surface area (Å²) in [6, 6.07) is 0. The highest BCUT2D eigenvalue weighted by Gasteiger charge is 2.06. The Morgan fingerprint density at radius 2 is 1.95 bits per heavy atom. The zero-order chi connectivity index (χ0) is 15.2. The van der Waals surface area contributed by atoms with Gasteiger partial charge in [0.25, 0.3) is 0 Å². The van der Waals surface area contributed by atoms with Crippen LogP contribution in [0.1, 0.15) is 45.4 Å². The van der Waals surface area contributed by atoms with Gasteiger partial charge < -0.3 is 15.5 Å². The number of nitriles is 1. The second-order valence-corrected chi connectivity index (χ2v) is 4.93. The first kappa shape index (κ1) is 18.1. The largest absolute Gasteiger partial charge is 0.369 e. The summed E-state index contributed by atoms with van der Waals surface area (Å²) in [6.07, 6.45) is 14.2. The maximum absolute atomic E-state index is 7.65. The van der Waals surface area contributed by atoms with E-state index >= 15 is 0 Å². The van der Waals surface area contributed by atoms with Gasteiger partial charge >= 0.3 is 0 Å². The maximum Gasteiger partial charge on any atom is 0.199 e. The zero-order valence-electron chi connectivity index (χ0n) is 12.7. The molecule has 1 rings (SSSR count). The highest BCUT2D eigenvalue weighted by atomic mass is 15.3. The molecule has 0 aromatic heterocycles. The number of nitrogens with one attached hydrogen (secondary N) is 2. The number of hydrogen-bond donors (Lipinski definition) is 3. The van der Waals surface area contributed by atoms with Crippen LogP contribution in [0.4, 0.5) is 0 Å². The Labute approximate surface area is 122 Å². The van der Waals surface area contributed by atoms with E-state index in [1.165, 1.54) is 51.3 Å². The normalized spacial score (nSPS) is 12.7. The van der Waals surface area contributed by atoms with E-state index in [4.69, 9.17) is 10.7 Å². The van der Waals surface area contributed by atoms with Crippen molar-refractivity contribution in [3.05, 3.63) is 12.4 Å². The molecule has 20 heavy (non-hydrogen) atoms. The van der Waals surface area contributed by atoms with Crippen LogP contribution in [0.2, 0.25) is 0 Å². The summed E-state index contributed by atoms with van der Waals surface area (Å²) in [5, 5.41) is 15.9. The molecule has 0 spiro atoms. The van der Waals surface area contributed by atoms with Gasteiger partial charge in [-0.2, -0.15) is 5.26 Å². The smallest absolute Gasteiger partial charge is 0.199 e. The molecule has 0 amide bonds. The number of nitrogens with two attached hydrogens (primary N) is 1. The van der Waals surface area contributed by atoms with Crippen molar-refractivity contribution in [2.75, 3.05) is 20.3 Å². The lowest BCUT2D eigenvalue weighted by Gasteiger charge is -2.17. The molecule has 0 radical (unpaired) electrons. The van der Waals surface area contributed by atoms with Crippen LogP contribution in [0.3, 0.4) is 0 Å². The summed E-state index contributed by atoms with van der Waals surface area (Å²) < 4.78 is 0. The van der Waals surface area contributed by atoms with E-state index in [0.29, 0.717) is 0 Å². The molecule has 0 saturated carbocycles. The van der Waals surface area contributed by atoms with Gasteiger partial charge in [-0.3, -0.25) is 10.7 Å². The van der Waals surface area contributed by atoms with Crippen LogP contribution in [0.5, 0.6) is 0 Å². The third kappa shape index (κ3) is 11.2. The molecule has 1 aliphatic heterocycles. The minimum atomic E-state index is -0.322. The Morgan fingerprint density at radius 3 is 2.40 bits per heavy atom. The highest BCUT2D eigenvalue weighted by molar-refractivity contribution is 5.75. The van der Waals surface area contributed by atoms with Crippen molar-refractivity contribution in [1.29, 1.82) is 10.7 Å². The standard InChI is InChI=1S/C12H24N2.C2H4N4/c1-3-4-5-6-7-8-9-14-11-10-13(2)12-14;3-1-6-2(4)5/h10-11H,3-9,12H2,1-2H3;(H4,4,5,6). The second kappa shape index (κ2) is 12.2. The van der Waals surface area contributed by atoms with Crippen LogP contribution >= 0.6 is 0 Å². The van der Waals surface area contributed by atoms with Crippen LogP contribution in [0, 0.1) is 16.9 Å². The molecular formula is C14H28N6. The monoisotopic (exact) mass is 280 g/mol. The molecule has 6 nitrogen and oxygen atoms in total. The third-order valence-electron chi connectivity index (χ3n) is 2.93. The maximum atomic E-state index is 7.65. The quantitative estimate of drug-likeness (QED) is 0.218. The first-order valence-corrected chi connectivity index (χ1v) is 7.22. The predicted molar refractivity (Wildman–Crippen MR) is 82.5 cm³/mol. The Bertz CT molecular complexity index is 320. The molecule has 0 atom stereocenters. The fraction of sp³-hybridized carbons (Fsp3) is 0.714. The topological polar surface area (TPSA) is 92.2 Å². The summed E-state index contributed by atoms with van der Waals surface area (Å²) in [4.78, 5) is 4.61. The van der Waals surface area contributed by atoms with Gasteiger partial charge in [0.05, 0.1) is 6.67 Å². The van der Waals surface area contributed by atoms with Crippen LogP contribution in [-0.2, 0) is 0 Å². The van der Waals surface area contributed by atoms with Crippen LogP contribution in [0.25, 0.3) is 0 Å². The molecule has 0 aromatic carbocycles. The van der Waals surface area contributed by atoms with Crippen molar-refractivity contribution >= 4 is 5.96 Å². The summed E-state index contributed by atoms with van der Waals surface area (Å²) in [7, 11) is 2.12. The molecule has 1 aliphatic rings. The Balaban J connectivity index is 0.000000511.